The Hall–Kier alpha value is -1.64. The van der Waals surface area contributed by atoms with E-state index >= 15 is 0 Å². The molecule has 0 bridgehead atoms. The summed E-state index contributed by atoms with van der Waals surface area (Å²) in [6, 6.07) is 5.51. The van der Waals surface area contributed by atoms with E-state index in [0.717, 1.165) is 22.3 Å². The highest BCUT2D eigenvalue weighted by molar-refractivity contribution is 5.76. The van der Waals surface area contributed by atoms with Gasteiger partial charge in [0, 0.05) is 23.7 Å². The third kappa shape index (κ3) is 1.54. The maximum atomic E-state index is 11.6. The zero-order valence-electron chi connectivity index (χ0n) is 9.24. The van der Waals surface area contributed by atoms with E-state index in [4.69, 9.17) is 0 Å². The van der Waals surface area contributed by atoms with Gasteiger partial charge in [-0.05, 0) is 38.5 Å². The average molecular weight is 202 g/mol. The number of rotatable bonds is 1. The fourth-order valence-electron chi connectivity index (χ4n) is 1.71. The third-order valence-corrected chi connectivity index (χ3v) is 2.72. The molecule has 0 N–H and O–H groups in total. The maximum absolute atomic E-state index is 11.6. The normalized spacial score (nSPS) is 10.9. The lowest BCUT2D eigenvalue weighted by molar-refractivity contribution is 0.748. The first-order valence-corrected chi connectivity index (χ1v) is 5.11. The van der Waals surface area contributed by atoms with Gasteiger partial charge in [-0.25, -0.2) is 4.98 Å². The lowest BCUT2D eigenvalue weighted by Crippen LogP contribution is -2.19. The van der Waals surface area contributed by atoms with Gasteiger partial charge in [0.05, 0.1) is 0 Å². The minimum Gasteiger partial charge on any atom is -0.293 e. The van der Waals surface area contributed by atoms with E-state index in [1.165, 1.54) is 0 Å². The predicted octanol–water partition coefficient (Wildman–Crippen LogP) is 2.03. The summed E-state index contributed by atoms with van der Waals surface area (Å²) in [7, 11) is 0. The van der Waals surface area contributed by atoms with Crippen LogP contribution in [-0.4, -0.2) is 9.55 Å². The summed E-state index contributed by atoms with van der Waals surface area (Å²) >= 11 is 0. The number of fused-ring (bicyclic) bond motifs is 1. The van der Waals surface area contributed by atoms with E-state index in [9.17, 15) is 4.79 Å². The summed E-state index contributed by atoms with van der Waals surface area (Å²) in [5.41, 5.74) is 2.94. The first-order valence-electron chi connectivity index (χ1n) is 5.11. The van der Waals surface area contributed by atoms with Gasteiger partial charge in [-0.1, -0.05) is 0 Å². The van der Waals surface area contributed by atoms with Gasteiger partial charge >= 0.3 is 0 Å². The smallest absolute Gasteiger partial charge is 0.252 e. The monoisotopic (exact) mass is 202 g/mol. The molecule has 2 rings (SSSR count). The molecule has 0 fully saturated rings. The Morgan fingerprint density at radius 2 is 2.07 bits per heavy atom. The highest BCUT2D eigenvalue weighted by Gasteiger charge is 2.04. The van der Waals surface area contributed by atoms with Crippen LogP contribution in [-0.2, 0) is 6.54 Å². The largest absolute Gasteiger partial charge is 0.293 e. The minimum atomic E-state index is 0.0146. The molecule has 2 aromatic heterocycles. The first kappa shape index (κ1) is 9.90. The van der Waals surface area contributed by atoms with Crippen LogP contribution in [0.15, 0.2) is 23.0 Å². The van der Waals surface area contributed by atoms with Crippen LogP contribution in [0.5, 0.6) is 0 Å². The van der Waals surface area contributed by atoms with Crippen molar-refractivity contribution in [2.75, 3.05) is 0 Å². The molecule has 78 valence electrons. The molecule has 15 heavy (non-hydrogen) atoms. The molecule has 3 heteroatoms. The maximum Gasteiger partial charge on any atom is 0.252 e. The number of aryl methyl sites for hydroxylation is 3. The Morgan fingerprint density at radius 3 is 2.73 bits per heavy atom. The van der Waals surface area contributed by atoms with Crippen molar-refractivity contribution in [3.05, 3.63) is 39.8 Å². The van der Waals surface area contributed by atoms with Crippen molar-refractivity contribution < 1.29 is 0 Å². The molecular weight excluding hydrogens is 188 g/mol. The molecule has 0 amide bonds. The molecule has 2 heterocycles. The standard InChI is InChI=1S/C12H14N2O/c1-4-14-11(15)6-5-10-7-8(2)9(3)13-12(10)14/h5-7H,4H2,1-3H3. The van der Waals surface area contributed by atoms with Crippen LogP contribution in [0.1, 0.15) is 18.2 Å². The molecular formula is C12H14N2O. The summed E-state index contributed by atoms with van der Waals surface area (Å²) in [6.07, 6.45) is 0. The molecule has 0 saturated carbocycles. The number of aromatic nitrogens is 2. The van der Waals surface area contributed by atoms with E-state index in [1.807, 2.05) is 26.8 Å². The number of nitrogens with zero attached hydrogens (tertiary/aromatic N) is 2. The molecule has 0 spiro atoms. The fraction of sp³-hybridized carbons (Fsp3) is 0.333. The van der Waals surface area contributed by atoms with Gasteiger partial charge in [-0.3, -0.25) is 9.36 Å². The number of hydrogen-bond acceptors (Lipinski definition) is 2. The molecule has 2 aromatic rings. The molecule has 0 unspecified atom stereocenters. The van der Waals surface area contributed by atoms with E-state index in [2.05, 4.69) is 11.1 Å². The summed E-state index contributed by atoms with van der Waals surface area (Å²) < 4.78 is 1.70. The van der Waals surface area contributed by atoms with Crippen LogP contribution in [0, 0.1) is 13.8 Å². The van der Waals surface area contributed by atoms with Crippen LogP contribution >= 0.6 is 0 Å². The lowest BCUT2D eigenvalue weighted by atomic mass is 10.2. The van der Waals surface area contributed by atoms with E-state index in [1.54, 1.807) is 10.6 Å². The van der Waals surface area contributed by atoms with Crippen LogP contribution in [0.3, 0.4) is 0 Å². The lowest BCUT2D eigenvalue weighted by Gasteiger charge is -2.08. The molecule has 3 nitrogen and oxygen atoms in total. The van der Waals surface area contributed by atoms with Gasteiger partial charge in [0.1, 0.15) is 5.65 Å². The Labute approximate surface area is 88.4 Å². The van der Waals surface area contributed by atoms with Crippen LogP contribution in [0.25, 0.3) is 11.0 Å². The second-order valence-corrected chi connectivity index (χ2v) is 3.72. The SMILES string of the molecule is CCn1c(=O)ccc2cc(C)c(C)nc21. The highest BCUT2D eigenvalue weighted by atomic mass is 16.1. The molecule has 0 aliphatic carbocycles. The number of hydrogen-bond donors (Lipinski definition) is 0. The Kier molecular flexibility index (Phi) is 2.31. The van der Waals surface area contributed by atoms with Gasteiger partial charge in [-0.2, -0.15) is 0 Å². The molecule has 0 atom stereocenters. The molecule has 0 radical (unpaired) electrons. The Balaban J connectivity index is 2.92. The zero-order chi connectivity index (χ0) is 11.0. The quantitative estimate of drug-likeness (QED) is 0.709. The number of pyridine rings is 2. The van der Waals surface area contributed by atoms with Crippen LogP contribution < -0.4 is 5.56 Å². The minimum absolute atomic E-state index is 0.0146. The summed E-state index contributed by atoms with van der Waals surface area (Å²) in [6.45, 7) is 6.61. The molecule has 0 aliphatic rings. The van der Waals surface area contributed by atoms with Crippen molar-refractivity contribution in [3.8, 4) is 0 Å². The molecule has 0 saturated heterocycles. The molecule has 0 aliphatic heterocycles. The van der Waals surface area contributed by atoms with Gasteiger partial charge < -0.3 is 0 Å². The second-order valence-electron chi connectivity index (χ2n) is 3.72. The van der Waals surface area contributed by atoms with Crippen molar-refractivity contribution >= 4 is 11.0 Å². The van der Waals surface area contributed by atoms with Crippen LogP contribution in [0.4, 0.5) is 0 Å². The first-order chi connectivity index (χ1) is 7.13. The predicted molar refractivity (Wildman–Crippen MR) is 61.2 cm³/mol. The van der Waals surface area contributed by atoms with Crippen molar-refractivity contribution in [2.24, 2.45) is 0 Å². The Morgan fingerprint density at radius 1 is 1.33 bits per heavy atom. The third-order valence-electron chi connectivity index (χ3n) is 2.72. The van der Waals surface area contributed by atoms with Gasteiger partial charge in [0.2, 0.25) is 0 Å². The molecule has 0 aromatic carbocycles. The van der Waals surface area contributed by atoms with Gasteiger partial charge in [0.15, 0.2) is 0 Å². The van der Waals surface area contributed by atoms with Crippen molar-refractivity contribution in [1.82, 2.24) is 9.55 Å². The van der Waals surface area contributed by atoms with Crippen molar-refractivity contribution in [2.45, 2.75) is 27.3 Å². The highest BCUT2D eigenvalue weighted by Crippen LogP contribution is 2.13. The van der Waals surface area contributed by atoms with Crippen molar-refractivity contribution in [3.63, 3.8) is 0 Å². The van der Waals surface area contributed by atoms with E-state index in [0.29, 0.717) is 6.54 Å². The van der Waals surface area contributed by atoms with E-state index < -0.39 is 0 Å². The summed E-state index contributed by atoms with van der Waals surface area (Å²) in [4.78, 5) is 16.1. The van der Waals surface area contributed by atoms with Crippen molar-refractivity contribution in [1.29, 1.82) is 0 Å². The van der Waals surface area contributed by atoms with Crippen LogP contribution in [0.2, 0.25) is 0 Å². The Bertz CT molecular complexity index is 570. The topological polar surface area (TPSA) is 34.9 Å². The fourth-order valence-corrected chi connectivity index (χ4v) is 1.71. The zero-order valence-corrected chi connectivity index (χ0v) is 9.24. The summed E-state index contributed by atoms with van der Waals surface area (Å²) in [5.74, 6) is 0. The second kappa shape index (κ2) is 3.50. The van der Waals surface area contributed by atoms with Gasteiger partial charge in [-0.15, -0.1) is 0 Å². The van der Waals surface area contributed by atoms with Gasteiger partial charge in [0.25, 0.3) is 5.56 Å². The van der Waals surface area contributed by atoms with E-state index in [-0.39, 0.29) is 5.56 Å². The average Bonchev–Trinajstić information content (AvgIpc) is 2.21. The summed E-state index contributed by atoms with van der Waals surface area (Å²) in [5, 5.41) is 1.03.